The number of carboxylic acid groups (broad SMARTS) is 1. The summed E-state index contributed by atoms with van der Waals surface area (Å²) in [6.45, 7) is 4.93. The van der Waals surface area contributed by atoms with Gasteiger partial charge in [0.1, 0.15) is 11.7 Å². The van der Waals surface area contributed by atoms with E-state index in [9.17, 15) is 14.0 Å². The fraction of sp³-hybridized carbons (Fsp3) is 0.385. The van der Waals surface area contributed by atoms with Crippen LogP contribution in [0.3, 0.4) is 0 Å². The van der Waals surface area contributed by atoms with E-state index in [0.29, 0.717) is 4.47 Å². The summed E-state index contributed by atoms with van der Waals surface area (Å²) in [6, 6.07) is 4.13. The lowest BCUT2D eigenvalue weighted by Gasteiger charge is -2.25. The summed E-state index contributed by atoms with van der Waals surface area (Å²) in [7, 11) is 0. The van der Waals surface area contributed by atoms with Crippen LogP contribution in [-0.2, 0) is 9.59 Å². The zero-order valence-electron chi connectivity index (χ0n) is 10.8. The molecule has 4 nitrogen and oxygen atoms in total. The third-order valence-electron chi connectivity index (χ3n) is 2.56. The number of amides is 1. The molecule has 0 fully saturated rings. The van der Waals surface area contributed by atoms with E-state index < -0.39 is 29.0 Å². The van der Waals surface area contributed by atoms with Crippen LogP contribution in [0, 0.1) is 17.2 Å². The first-order valence-corrected chi connectivity index (χ1v) is 6.41. The molecule has 0 aliphatic carbocycles. The van der Waals surface area contributed by atoms with Crippen LogP contribution in [0.25, 0.3) is 0 Å². The van der Waals surface area contributed by atoms with Crippen molar-refractivity contribution in [2.75, 3.05) is 5.32 Å². The molecule has 19 heavy (non-hydrogen) atoms. The number of aliphatic carboxylic acids is 1. The van der Waals surface area contributed by atoms with Gasteiger partial charge in [-0.05, 0) is 23.6 Å². The summed E-state index contributed by atoms with van der Waals surface area (Å²) in [5.74, 6) is -3.85. The number of carbonyl (C=O) groups excluding carboxylic acids is 1. The molecule has 1 aromatic rings. The topological polar surface area (TPSA) is 66.4 Å². The van der Waals surface area contributed by atoms with Crippen LogP contribution in [-0.4, -0.2) is 17.0 Å². The standard InChI is InChI=1S/C13H15BrFNO3/c1-13(2,3)10(12(18)19)11(17)16-9-5-4-7(14)6-8(9)15/h4-6,10H,1-3H3,(H,16,17)(H,18,19). The molecule has 0 heterocycles. The predicted molar refractivity (Wildman–Crippen MR) is 73.3 cm³/mol. The molecule has 0 bridgehead atoms. The zero-order chi connectivity index (χ0) is 14.8. The summed E-state index contributed by atoms with van der Waals surface area (Å²) >= 11 is 3.10. The molecule has 104 valence electrons. The average Bonchev–Trinajstić information content (AvgIpc) is 2.19. The number of halogens is 2. The monoisotopic (exact) mass is 331 g/mol. The molecule has 2 N–H and O–H groups in total. The molecule has 6 heteroatoms. The smallest absolute Gasteiger partial charge is 0.316 e. The fourth-order valence-electron chi connectivity index (χ4n) is 1.67. The van der Waals surface area contributed by atoms with E-state index in [4.69, 9.17) is 5.11 Å². The van der Waals surface area contributed by atoms with E-state index in [1.54, 1.807) is 26.8 Å². The van der Waals surface area contributed by atoms with Crippen LogP contribution < -0.4 is 5.32 Å². The third kappa shape index (κ3) is 4.02. The van der Waals surface area contributed by atoms with Crippen LogP contribution in [0.4, 0.5) is 10.1 Å². The first-order valence-electron chi connectivity index (χ1n) is 5.61. The van der Waals surface area contributed by atoms with Gasteiger partial charge in [0, 0.05) is 4.47 Å². The summed E-state index contributed by atoms with van der Waals surface area (Å²) < 4.78 is 14.1. The highest BCUT2D eigenvalue weighted by molar-refractivity contribution is 9.10. The Balaban J connectivity index is 2.97. The van der Waals surface area contributed by atoms with Crippen molar-refractivity contribution in [3.05, 3.63) is 28.5 Å². The lowest BCUT2D eigenvalue weighted by atomic mass is 9.80. The number of nitrogens with one attached hydrogen (secondary N) is 1. The van der Waals surface area contributed by atoms with Gasteiger partial charge in [-0.1, -0.05) is 36.7 Å². The second-order valence-corrected chi connectivity index (χ2v) is 6.17. The number of carbonyl (C=O) groups is 2. The molecule has 1 atom stereocenters. The second-order valence-electron chi connectivity index (χ2n) is 5.25. The van der Waals surface area contributed by atoms with Crippen molar-refractivity contribution in [2.24, 2.45) is 11.3 Å². The highest BCUT2D eigenvalue weighted by Crippen LogP contribution is 2.28. The van der Waals surface area contributed by atoms with Crippen molar-refractivity contribution in [2.45, 2.75) is 20.8 Å². The maximum atomic E-state index is 13.6. The Morgan fingerprint density at radius 3 is 2.37 bits per heavy atom. The maximum absolute atomic E-state index is 13.6. The summed E-state index contributed by atoms with van der Waals surface area (Å²) in [6.07, 6.45) is 0. The van der Waals surface area contributed by atoms with E-state index in [-0.39, 0.29) is 5.69 Å². The van der Waals surface area contributed by atoms with E-state index in [0.717, 1.165) is 0 Å². The summed E-state index contributed by atoms with van der Waals surface area (Å²) in [5, 5.41) is 11.4. The molecule has 0 aromatic heterocycles. The number of carboxylic acids is 1. The number of hydrogen-bond donors (Lipinski definition) is 2. The molecule has 0 aliphatic rings. The van der Waals surface area contributed by atoms with Crippen molar-refractivity contribution in [1.29, 1.82) is 0 Å². The Kier molecular flexibility index (Phi) is 4.68. The Labute approximate surface area is 119 Å². The normalized spacial score (nSPS) is 12.9. The molecule has 0 saturated heterocycles. The van der Waals surface area contributed by atoms with Crippen molar-refractivity contribution in [3.63, 3.8) is 0 Å². The maximum Gasteiger partial charge on any atom is 0.316 e. The van der Waals surface area contributed by atoms with Crippen molar-refractivity contribution in [1.82, 2.24) is 0 Å². The fourth-order valence-corrected chi connectivity index (χ4v) is 2.00. The van der Waals surface area contributed by atoms with E-state index in [1.165, 1.54) is 12.1 Å². The van der Waals surface area contributed by atoms with Crippen LogP contribution in [0.2, 0.25) is 0 Å². The quantitative estimate of drug-likeness (QED) is 0.835. The lowest BCUT2D eigenvalue weighted by molar-refractivity contribution is -0.149. The average molecular weight is 332 g/mol. The van der Waals surface area contributed by atoms with Gasteiger partial charge in [-0.15, -0.1) is 0 Å². The molecular formula is C13H15BrFNO3. The SMILES string of the molecule is CC(C)(C)C(C(=O)O)C(=O)Nc1ccc(Br)cc1F. The van der Waals surface area contributed by atoms with Crippen molar-refractivity contribution < 1.29 is 19.1 Å². The number of anilines is 1. The van der Waals surface area contributed by atoms with Gasteiger partial charge in [-0.2, -0.15) is 0 Å². The largest absolute Gasteiger partial charge is 0.481 e. The van der Waals surface area contributed by atoms with E-state index >= 15 is 0 Å². The Morgan fingerprint density at radius 1 is 1.37 bits per heavy atom. The molecule has 0 aliphatic heterocycles. The first kappa shape index (κ1) is 15.6. The minimum absolute atomic E-state index is 0.0382. The number of rotatable bonds is 3. The molecule has 1 rings (SSSR count). The van der Waals surface area contributed by atoms with Gasteiger partial charge in [0.05, 0.1) is 5.69 Å². The van der Waals surface area contributed by atoms with Gasteiger partial charge in [0.15, 0.2) is 0 Å². The molecule has 0 spiro atoms. The molecule has 1 unspecified atom stereocenters. The molecular weight excluding hydrogens is 317 g/mol. The Bertz CT molecular complexity index is 511. The van der Waals surface area contributed by atoms with Crippen molar-refractivity contribution >= 4 is 33.5 Å². The van der Waals surface area contributed by atoms with Gasteiger partial charge in [-0.3, -0.25) is 9.59 Å². The summed E-state index contributed by atoms with van der Waals surface area (Å²) in [4.78, 5) is 23.1. The van der Waals surface area contributed by atoms with Gasteiger partial charge < -0.3 is 10.4 Å². The highest BCUT2D eigenvalue weighted by atomic mass is 79.9. The van der Waals surface area contributed by atoms with E-state index in [2.05, 4.69) is 21.2 Å². The predicted octanol–water partition coefficient (Wildman–Crippen LogP) is 3.27. The van der Waals surface area contributed by atoms with Gasteiger partial charge in [-0.25, -0.2) is 4.39 Å². The first-order chi connectivity index (χ1) is 8.62. The zero-order valence-corrected chi connectivity index (χ0v) is 12.4. The molecule has 1 amide bonds. The minimum atomic E-state index is -1.25. The third-order valence-corrected chi connectivity index (χ3v) is 3.06. The van der Waals surface area contributed by atoms with Crippen LogP contribution in [0.5, 0.6) is 0 Å². The lowest BCUT2D eigenvalue weighted by Crippen LogP contribution is -2.39. The molecule has 0 saturated carbocycles. The van der Waals surface area contributed by atoms with Gasteiger partial charge >= 0.3 is 5.97 Å². The second kappa shape index (κ2) is 5.69. The van der Waals surface area contributed by atoms with Crippen LogP contribution in [0.15, 0.2) is 22.7 Å². The van der Waals surface area contributed by atoms with Crippen LogP contribution in [0.1, 0.15) is 20.8 Å². The minimum Gasteiger partial charge on any atom is -0.481 e. The Hall–Kier alpha value is -1.43. The van der Waals surface area contributed by atoms with Gasteiger partial charge in [0.25, 0.3) is 0 Å². The Morgan fingerprint density at radius 2 is 1.95 bits per heavy atom. The van der Waals surface area contributed by atoms with Crippen LogP contribution >= 0.6 is 15.9 Å². The number of benzene rings is 1. The van der Waals surface area contributed by atoms with Crippen molar-refractivity contribution in [3.8, 4) is 0 Å². The summed E-state index contributed by atoms with van der Waals surface area (Å²) in [5.41, 5.74) is -0.800. The van der Waals surface area contributed by atoms with E-state index in [1.807, 2.05) is 0 Å². The highest BCUT2D eigenvalue weighted by Gasteiger charge is 2.37. The van der Waals surface area contributed by atoms with Gasteiger partial charge in [0.2, 0.25) is 5.91 Å². The molecule has 0 radical (unpaired) electrons. The number of hydrogen-bond acceptors (Lipinski definition) is 2. The molecule has 1 aromatic carbocycles.